The van der Waals surface area contributed by atoms with E-state index in [-0.39, 0.29) is 0 Å². The van der Waals surface area contributed by atoms with E-state index in [1.807, 2.05) is 0 Å². The third-order valence-electron chi connectivity index (χ3n) is 1.16. The molecule has 0 saturated heterocycles. The van der Waals surface area contributed by atoms with E-state index in [1.54, 1.807) is 18.2 Å². The monoisotopic (exact) mass is 189 g/mol. The molecule has 0 spiro atoms. The lowest BCUT2D eigenvalue weighted by atomic mass is 10.2. The normalized spacial score (nSPS) is 10.7. The van der Waals surface area contributed by atoms with Gasteiger partial charge in [0.05, 0.1) is 11.2 Å². The van der Waals surface area contributed by atoms with Crippen LogP contribution in [0.25, 0.3) is 0 Å². The van der Waals surface area contributed by atoms with E-state index in [2.05, 4.69) is 5.16 Å². The maximum absolute atomic E-state index is 8.19. The quantitative estimate of drug-likeness (QED) is 0.412. The maximum Gasteiger partial charge on any atom is 0.0748 e. The Morgan fingerprint density at radius 3 is 2.64 bits per heavy atom. The van der Waals surface area contributed by atoms with Crippen LogP contribution < -0.4 is 0 Å². The highest BCUT2D eigenvalue weighted by atomic mass is 35.5. The van der Waals surface area contributed by atoms with Crippen molar-refractivity contribution in [2.24, 2.45) is 5.16 Å². The Labute approximate surface area is 74.0 Å². The van der Waals surface area contributed by atoms with Crippen LogP contribution in [0.3, 0.4) is 0 Å². The lowest BCUT2D eigenvalue weighted by Gasteiger charge is -1.95. The van der Waals surface area contributed by atoms with Gasteiger partial charge in [-0.05, 0) is 12.1 Å². The molecule has 58 valence electrons. The summed E-state index contributed by atoms with van der Waals surface area (Å²) in [7, 11) is 0. The molecule has 0 saturated carbocycles. The lowest BCUT2D eigenvalue weighted by Crippen LogP contribution is -1.81. The highest BCUT2D eigenvalue weighted by Crippen LogP contribution is 2.19. The second-order valence-corrected chi connectivity index (χ2v) is 2.75. The summed E-state index contributed by atoms with van der Waals surface area (Å²) in [6, 6.07) is 4.93. The molecule has 0 amide bonds. The fraction of sp³-hybridized carbons (Fsp3) is 0. The van der Waals surface area contributed by atoms with Gasteiger partial charge in [-0.1, -0.05) is 34.4 Å². The Bertz CT molecular complexity index is 286. The third-order valence-corrected chi connectivity index (χ3v) is 1.72. The number of rotatable bonds is 1. The van der Waals surface area contributed by atoms with Crippen molar-refractivity contribution in [3.05, 3.63) is 33.8 Å². The van der Waals surface area contributed by atoms with E-state index in [9.17, 15) is 0 Å². The lowest BCUT2D eigenvalue weighted by molar-refractivity contribution is 0.322. The highest BCUT2D eigenvalue weighted by molar-refractivity contribution is 6.36. The molecule has 0 atom stereocenters. The first-order chi connectivity index (χ1) is 5.24. The molecule has 0 unspecified atom stereocenters. The van der Waals surface area contributed by atoms with Gasteiger partial charge in [0.15, 0.2) is 0 Å². The van der Waals surface area contributed by atoms with E-state index in [1.165, 1.54) is 6.21 Å². The molecule has 11 heavy (non-hydrogen) atoms. The Hall–Kier alpha value is -0.730. The van der Waals surface area contributed by atoms with Crippen molar-refractivity contribution in [2.45, 2.75) is 0 Å². The van der Waals surface area contributed by atoms with Gasteiger partial charge in [0.1, 0.15) is 0 Å². The topological polar surface area (TPSA) is 32.6 Å². The summed E-state index contributed by atoms with van der Waals surface area (Å²) in [6.07, 6.45) is 1.25. The van der Waals surface area contributed by atoms with Gasteiger partial charge < -0.3 is 5.21 Å². The first kappa shape index (κ1) is 8.37. The molecule has 0 fully saturated rings. The van der Waals surface area contributed by atoms with Crippen LogP contribution in [0.2, 0.25) is 10.0 Å². The number of benzene rings is 1. The number of hydrogen-bond acceptors (Lipinski definition) is 2. The number of nitrogens with zero attached hydrogens (tertiary/aromatic N) is 1. The second kappa shape index (κ2) is 3.60. The summed E-state index contributed by atoms with van der Waals surface area (Å²) in [5.74, 6) is 0. The van der Waals surface area contributed by atoms with E-state index < -0.39 is 0 Å². The molecule has 0 heterocycles. The largest absolute Gasteiger partial charge is 0.411 e. The minimum atomic E-state index is 0.468. The number of halogens is 2. The molecule has 0 aliphatic carbocycles. The van der Waals surface area contributed by atoms with Gasteiger partial charge in [-0.15, -0.1) is 0 Å². The van der Waals surface area contributed by atoms with Crippen LogP contribution in [0, 0.1) is 0 Å². The van der Waals surface area contributed by atoms with Crippen LogP contribution in [-0.2, 0) is 0 Å². The first-order valence-electron chi connectivity index (χ1n) is 2.86. The summed E-state index contributed by atoms with van der Waals surface area (Å²) >= 11 is 11.3. The predicted molar refractivity (Wildman–Crippen MR) is 45.8 cm³/mol. The first-order valence-corrected chi connectivity index (χ1v) is 3.62. The van der Waals surface area contributed by atoms with Crippen molar-refractivity contribution < 1.29 is 5.21 Å². The van der Waals surface area contributed by atoms with Gasteiger partial charge in [0, 0.05) is 10.6 Å². The van der Waals surface area contributed by atoms with E-state index in [0.29, 0.717) is 15.6 Å². The standard InChI is InChI=1S/C7H5Cl2NO/c8-6-2-1-5(4-10-11)7(9)3-6/h1-4,11H/b10-4-. The van der Waals surface area contributed by atoms with Gasteiger partial charge in [0.25, 0.3) is 0 Å². The van der Waals surface area contributed by atoms with Crippen molar-refractivity contribution >= 4 is 29.4 Å². The minimum Gasteiger partial charge on any atom is -0.411 e. The van der Waals surface area contributed by atoms with E-state index in [4.69, 9.17) is 28.4 Å². The second-order valence-electron chi connectivity index (χ2n) is 1.91. The van der Waals surface area contributed by atoms with Gasteiger partial charge in [-0.2, -0.15) is 0 Å². The Morgan fingerprint density at radius 1 is 1.36 bits per heavy atom. The molecule has 0 aliphatic heterocycles. The van der Waals surface area contributed by atoms with Gasteiger partial charge in [-0.25, -0.2) is 0 Å². The van der Waals surface area contributed by atoms with E-state index in [0.717, 1.165) is 0 Å². The smallest absolute Gasteiger partial charge is 0.0748 e. The molecule has 1 rings (SSSR count). The van der Waals surface area contributed by atoms with Gasteiger partial charge in [0.2, 0.25) is 0 Å². The van der Waals surface area contributed by atoms with Crippen LogP contribution in [-0.4, -0.2) is 11.4 Å². The van der Waals surface area contributed by atoms with Crippen molar-refractivity contribution in [1.82, 2.24) is 0 Å². The molecule has 1 N–H and O–H groups in total. The molecule has 1 aromatic rings. The summed E-state index contributed by atoms with van der Waals surface area (Å²) in [5, 5.41) is 12.1. The molecule has 0 aliphatic rings. The van der Waals surface area contributed by atoms with Crippen molar-refractivity contribution in [3.63, 3.8) is 0 Å². The Kier molecular flexibility index (Phi) is 2.74. The van der Waals surface area contributed by atoms with Crippen molar-refractivity contribution in [1.29, 1.82) is 0 Å². The fourth-order valence-electron chi connectivity index (χ4n) is 0.668. The van der Waals surface area contributed by atoms with E-state index >= 15 is 0 Å². The number of hydrogen-bond donors (Lipinski definition) is 1. The molecule has 0 aromatic heterocycles. The van der Waals surface area contributed by atoms with Crippen LogP contribution in [0.15, 0.2) is 23.4 Å². The SMILES string of the molecule is O/N=C\c1ccc(Cl)cc1Cl. The zero-order valence-corrected chi connectivity index (χ0v) is 6.97. The molecular formula is C7H5Cl2NO. The molecular weight excluding hydrogens is 185 g/mol. The van der Waals surface area contributed by atoms with Gasteiger partial charge >= 0.3 is 0 Å². The molecule has 1 aromatic carbocycles. The van der Waals surface area contributed by atoms with Crippen molar-refractivity contribution in [2.75, 3.05) is 0 Å². The third kappa shape index (κ3) is 2.10. The van der Waals surface area contributed by atoms with Crippen LogP contribution in [0.4, 0.5) is 0 Å². The minimum absolute atomic E-state index is 0.468. The fourth-order valence-corrected chi connectivity index (χ4v) is 1.13. The summed E-state index contributed by atoms with van der Waals surface area (Å²) < 4.78 is 0. The maximum atomic E-state index is 8.19. The average Bonchev–Trinajstić information content (AvgIpc) is 1.95. The average molecular weight is 190 g/mol. The Balaban J connectivity index is 3.09. The predicted octanol–water partition coefficient (Wildman–Crippen LogP) is 2.80. The summed E-state index contributed by atoms with van der Waals surface area (Å²) in [5.41, 5.74) is 0.638. The summed E-state index contributed by atoms with van der Waals surface area (Å²) in [6.45, 7) is 0. The molecule has 0 radical (unpaired) electrons. The number of oxime groups is 1. The van der Waals surface area contributed by atoms with Crippen LogP contribution in [0.5, 0.6) is 0 Å². The van der Waals surface area contributed by atoms with Crippen molar-refractivity contribution in [3.8, 4) is 0 Å². The molecule has 0 bridgehead atoms. The zero-order chi connectivity index (χ0) is 8.27. The Morgan fingerprint density at radius 2 is 2.09 bits per heavy atom. The summed E-state index contributed by atoms with van der Waals surface area (Å²) in [4.78, 5) is 0. The zero-order valence-electron chi connectivity index (χ0n) is 5.46. The van der Waals surface area contributed by atoms with Gasteiger partial charge in [-0.3, -0.25) is 0 Å². The molecule has 4 heteroatoms. The van der Waals surface area contributed by atoms with Crippen LogP contribution >= 0.6 is 23.2 Å². The molecule has 2 nitrogen and oxygen atoms in total. The highest BCUT2D eigenvalue weighted by Gasteiger charge is 1.96. The van der Waals surface area contributed by atoms with Crippen LogP contribution in [0.1, 0.15) is 5.56 Å².